The normalized spacial score (nSPS) is 14.9. The molecule has 8 nitrogen and oxygen atoms in total. The number of methoxy groups -OCH3 is 1. The molecule has 150 valence electrons. The topological polar surface area (TPSA) is 96.0 Å². The molecular weight excluding hydrogens is 374 g/mol. The van der Waals surface area contributed by atoms with E-state index in [0.29, 0.717) is 16.2 Å². The van der Waals surface area contributed by atoms with Crippen molar-refractivity contribution in [2.24, 2.45) is 0 Å². The molecule has 0 saturated carbocycles. The molecular formula is C21H21N3O5. The van der Waals surface area contributed by atoms with E-state index in [1.165, 1.54) is 7.11 Å². The van der Waals surface area contributed by atoms with Gasteiger partial charge in [-0.1, -0.05) is 48.5 Å². The second kappa shape index (κ2) is 8.55. The van der Waals surface area contributed by atoms with E-state index in [1.807, 2.05) is 18.2 Å². The van der Waals surface area contributed by atoms with Gasteiger partial charge in [0.2, 0.25) is 5.91 Å². The highest BCUT2D eigenvalue weighted by molar-refractivity contribution is 6.44. The number of ether oxygens (including phenoxy) is 1. The van der Waals surface area contributed by atoms with Crippen LogP contribution in [-0.2, 0) is 20.9 Å². The summed E-state index contributed by atoms with van der Waals surface area (Å²) in [7, 11) is 1.53. The van der Waals surface area contributed by atoms with Gasteiger partial charge in [0.25, 0.3) is 0 Å². The number of nitrogens with one attached hydrogen (secondary N) is 1. The van der Waals surface area contributed by atoms with Gasteiger partial charge in [-0.05, 0) is 18.6 Å². The van der Waals surface area contributed by atoms with Gasteiger partial charge >= 0.3 is 17.8 Å². The molecule has 1 aliphatic heterocycles. The highest BCUT2D eigenvalue weighted by Gasteiger charge is 2.45. The molecule has 1 saturated heterocycles. The molecule has 0 radical (unpaired) electrons. The van der Waals surface area contributed by atoms with E-state index in [1.54, 1.807) is 43.3 Å². The van der Waals surface area contributed by atoms with Gasteiger partial charge in [-0.2, -0.15) is 0 Å². The molecule has 0 aromatic heterocycles. The Hall–Kier alpha value is -3.68. The Bertz CT molecular complexity index is 944. The zero-order valence-electron chi connectivity index (χ0n) is 16.1. The zero-order valence-corrected chi connectivity index (χ0v) is 16.1. The molecule has 1 fully saturated rings. The van der Waals surface area contributed by atoms with Crippen LogP contribution in [0, 0.1) is 0 Å². The predicted octanol–water partition coefficient (Wildman–Crippen LogP) is 1.86. The summed E-state index contributed by atoms with van der Waals surface area (Å²) >= 11 is 0. The van der Waals surface area contributed by atoms with Crippen LogP contribution in [0.25, 0.3) is 0 Å². The molecule has 1 heterocycles. The SMILES string of the molecule is COc1ccccc1C(C)NC(=O)CN1C(=O)C(=O)N(Cc2ccccc2)C1=O. The lowest BCUT2D eigenvalue weighted by molar-refractivity contribution is -0.144. The number of para-hydroxylation sites is 1. The van der Waals surface area contributed by atoms with Crippen LogP contribution in [0.5, 0.6) is 5.75 Å². The molecule has 5 amide bonds. The standard InChI is InChI=1S/C21H21N3O5/c1-14(16-10-6-7-11-17(16)29-2)22-18(25)13-24-20(27)19(26)23(21(24)28)12-15-8-4-3-5-9-15/h3-11,14H,12-13H2,1-2H3,(H,22,25). The first-order valence-corrected chi connectivity index (χ1v) is 9.06. The second-order valence-electron chi connectivity index (χ2n) is 6.58. The lowest BCUT2D eigenvalue weighted by Crippen LogP contribution is -2.42. The Morgan fingerprint density at radius 2 is 1.59 bits per heavy atom. The maximum absolute atomic E-state index is 12.5. The molecule has 2 aromatic rings. The Labute approximate surface area is 168 Å². The second-order valence-corrected chi connectivity index (χ2v) is 6.58. The van der Waals surface area contributed by atoms with Gasteiger partial charge in [0.15, 0.2) is 0 Å². The van der Waals surface area contributed by atoms with Crippen molar-refractivity contribution >= 4 is 23.8 Å². The third kappa shape index (κ3) is 4.26. The van der Waals surface area contributed by atoms with Crippen LogP contribution in [-0.4, -0.2) is 47.2 Å². The molecule has 2 aromatic carbocycles. The first-order valence-electron chi connectivity index (χ1n) is 9.06. The molecule has 1 atom stereocenters. The highest BCUT2D eigenvalue weighted by Crippen LogP contribution is 2.24. The first-order chi connectivity index (χ1) is 13.9. The molecule has 1 aliphatic rings. The zero-order chi connectivity index (χ0) is 21.0. The fourth-order valence-corrected chi connectivity index (χ4v) is 3.13. The third-order valence-corrected chi connectivity index (χ3v) is 4.60. The number of carbonyl (C=O) groups is 4. The van der Waals surface area contributed by atoms with Gasteiger partial charge in [0, 0.05) is 5.56 Å². The lowest BCUT2D eigenvalue weighted by Gasteiger charge is -2.19. The Kier molecular flexibility index (Phi) is 5.92. The average molecular weight is 395 g/mol. The third-order valence-electron chi connectivity index (χ3n) is 4.60. The van der Waals surface area contributed by atoms with Crippen molar-refractivity contribution in [3.8, 4) is 5.75 Å². The number of urea groups is 1. The Morgan fingerprint density at radius 3 is 2.28 bits per heavy atom. The number of hydrogen-bond acceptors (Lipinski definition) is 5. The van der Waals surface area contributed by atoms with Gasteiger partial charge < -0.3 is 10.1 Å². The minimum absolute atomic E-state index is 0.0278. The van der Waals surface area contributed by atoms with Crippen LogP contribution in [0.1, 0.15) is 24.1 Å². The molecule has 8 heteroatoms. The summed E-state index contributed by atoms with van der Waals surface area (Å²) in [5.41, 5.74) is 1.46. The summed E-state index contributed by atoms with van der Waals surface area (Å²) in [5, 5.41) is 2.72. The largest absolute Gasteiger partial charge is 0.496 e. The van der Waals surface area contributed by atoms with Crippen molar-refractivity contribution in [1.82, 2.24) is 15.1 Å². The van der Waals surface area contributed by atoms with Crippen LogP contribution in [0.2, 0.25) is 0 Å². The van der Waals surface area contributed by atoms with Crippen molar-refractivity contribution in [2.45, 2.75) is 19.5 Å². The van der Waals surface area contributed by atoms with Crippen LogP contribution in [0.4, 0.5) is 4.79 Å². The number of hydrogen-bond donors (Lipinski definition) is 1. The summed E-state index contributed by atoms with van der Waals surface area (Å²) < 4.78 is 5.28. The first kappa shape index (κ1) is 20.1. The maximum Gasteiger partial charge on any atom is 0.335 e. The molecule has 0 aliphatic carbocycles. The Balaban J connectivity index is 1.66. The highest BCUT2D eigenvalue weighted by atomic mass is 16.5. The molecule has 0 bridgehead atoms. The number of amides is 5. The molecule has 0 spiro atoms. The predicted molar refractivity (Wildman–Crippen MR) is 104 cm³/mol. The van der Waals surface area contributed by atoms with Gasteiger partial charge in [-0.25, -0.2) is 9.69 Å². The summed E-state index contributed by atoms with van der Waals surface area (Å²) in [6.07, 6.45) is 0. The van der Waals surface area contributed by atoms with Crippen molar-refractivity contribution < 1.29 is 23.9 Å². The smallest absolute Gasteiger partial charge is 0.335 e. The van der Waals surface area contributed by atoms with Crippen molar-refractivity contribution in [2.75, 3.05) is 13.7 Å². The maximum atomic E-state index is 12.5. The van der Waals surface area contributed by atoms with Crippen molar-refractivity contribution in [3.63, 3.8) is 0 Å². The fraction of sp³-hybridized carbons (Fsp3) is 0.238. The lowest BCUT2D eigenvalue weighted by atomic mass is 10.1. The van der Waals surface area contributed by atoms with Crippen molar-refractivity contribution in [1.29, 1.82) is 0 Å². The van der Waals surface area contributed by atoms with Gasteiger partial charge in [0.1, 0.15) is 12.3 Å². The van der Waals surface area contributed by atoms with Crippen LogP contribution in [0.15, 0.2) is 54.6 Å². The molecule has 1 N–H and O–H groups in total. The minimum atomic E-state index is -1.01. The molecule has 3 rings (SSSR count). The summed E-state index contributed by atoms with van der Waals surface area (Å²) in [5.74, 6) is -1.90. The van der Waals surface area contributed by atoms with E-state index in [9.17, 15) is 19.2 Å². The number of imide groups is 2. The van der Waals surface area contributed by atoms with Crippen molar-refractivity contribution in [3.05, 3.63) is 65.7 Å². The van der Waals surface area contributed by atoms with Crippen LogP contribution >= 0.6 is 0 Å². The quantitative estimate of drug-likeness (QED) is 0.570. The van der Waals surface area contributed by atoms with E-state index in [0.717, 1.165) is 10.5 Å². The number of carbonyl (C=O) groups excluding carboxylic acids is 4. The van der Waals surface area contributed by atoms with Crippen LogP contribution < -0.4 is 10.1 Å². The minimum Gasteiger partial charge on any atom is -0.496 e. The fourth-order valence-electron chi connectivity index (χ4n) is 3.13. The van der Waals surface area contributed by atoms with E-state index in [-0.39, 0.29) is 6.54 Å². The van der Waals surface area contributed by atoms with Crippen LogP contribution in [0.3, 0.4) is 0 Å². The number of nitrogens with zero attached hydrogens (tertiary/aromatic N) is 2. The number of benzene rings is 2. The van der Waals surface area contributed by atoms with E-state index in [2.05, 4.69) is 5.32 Å². The van der Waals surface area contributed by atoms with E-state index >= 15 is 0 Å². The average Bonchev–Trinajstić information content (AvgIpc) is 2.92. The summed E-state index contributed by atoms with van der Waals surface area (Å²) in [6, 6.07) is 14.8. The van der Waals surface area contributed by atoms with Gasteiger partial charge in [0.05, 0.1) is 19.7 Å². The molecule has 1 unspecified atom stereocenters. The summed E-state index contributed by atoms with van der Waals surface area (Å²) in [6.45, 7) is 1.20. The molecule has 29 heavy (non-hydrogen) atoms. The Morgan fingerprint density at radius 1 is 0.966 bits per heavy atom. The number of rotatable bonds is 7. The monoisotopic (exact) mass is 395 g/mol. The summed E-state index contributed by atoms with van der Waals surface area (Å²) in [4.78, 5) is 50.9. The van der Waals surface area contributed by atoms with Gasteiger partial charge in [-0.3, -0.25) is 19.3 Å². The van der Waals surface area contributed by atoms with E-state index in [4.69, 9.17) is 4.74 Å². The van der Waals surface area contributed by atoms with E-state index < -0.39 is 36.3 Å². The van der Waals surface area contributed by atoms with Gasteiger partial charge in [-0.15, -0.1) is 0 Å².